The second kappa shape index (κ2) is 4.84. The molecule has 3 N–H and O–H groups in total. The summed E-state index contributed by atoms with van der Waals surface area (Å²) in [5.41, 5.74) is 6.42. The minimum atomic E-state index is -1.29. The molecule has 1 heterocycles. The highest BCUT2D eigenvalue weighted by Gasteiger charge is 2.26. The number of hydrogen-bond acceptors (Lipinski definition) is 3. The maximum Gasteiger partial charge on any atom is 0.338 e. The van der Waals surface area contributed by atoms with Gasteiger partial charge in [0.05, 0.1) is 16.9 Å². The number of aromatic carboxylic acids is 1. The lowest BCUT2D eigenvalue weighted by molar-refractivity contribution is 0.0692. The Morgan fingerprint density at radius 3 is 2.94 bits per heavy atom. The van der Waals surface area contributed by atoms with E-state index in [1.165, 1.54) is 12.1 Å². The van der Waals surface area contributed by atoms with E-state index in [1.807, 2.05) is 0 Å². The molecule has 1 aromatic rings. The molecule has 1 atom stereocenters. The fraction of sp³-hybridized carbons (Fsp3) is 0.462. The third-order valence-corrected chi connectivity index (χ3v) is 3.50. The highest BCUT2D eigenvalue weighted by atomic mass is 19.1. The Balaban J connectivity index is 2.40. The van der Waals surface area contributed by atoms with Crippen LogP contribution in [0.2, 0.25) is 0 Å². The smallest absolute Gasteiger partial charge is 0.338 e. The highest BCUT2D eigenvalue weighted by Crippen LogP contribution is 2.33. The van der Waals surface area contributed by atoms with Gasteiger partial charge in [0, 0.05) is 18.7 Å². The van der Waals surface area contributed by atoms with Crippen LogP contribution >= 0.6 is 0 Å². The van der Waals surface area contributed by atoms with Gasteiger partial charge in [-0.25, -0.2) is 9.18 Å². The van der Waals surface area contributed by atoms with E-state index in [9.17, 15) is 9.18 Å². The molecule has 4 nitrogen and oxygen atoms in total. The zero-order valence-electron chi connectivity index (χ0n) is 10.3. The van der Waals surface area contributed by atoms with Crippen molar-refractivity contribution in [2.24, 2.45) is 0 Å². The number of anilines is 2. The summed E-state index contributed by atoms with van der Waals surface area (Å²) in [5, 5.41) is 8.84. The monoisotopic (exact) mass is 252 g/mol. The lowest BCUT2D eigenvalue weighted by Crippen LogP contribution is -2.29. The third-order valence-electron chi connectivity index (χ3n) is 3.50. The molecule has 2 rings (SSSR count). The molecule has 0 aromatic heterocycles. The van der Waals surface area contributed by atoms with Gasteiger partial charge < -0.3 is 15.7 Å². The van der Waals surface area contributed by atoms with Crippen LogP contribution in [0, 0.1) is 5.82 Å². The minimum Gasteiger partial charge on any atom is -0.478 e. The second-order valence-corrected chi connectivity index (χ2v) is 4.59. The summed E-state index contributed by atoms with van der Waals surface area (Å²) in [4.78, 5) is 12.9. The number of carboxylic acid groups (broad SMARTS) is 1. The van der Waals surface area contributed by atoms with Crippen LogP contribution in [0.4, 0.5) is 15.8 Å². The first-order chi connectivity index (χ1) is 8.54. The van der Waals surface area contributed by atoms with Crippen LogP contribution in [0.3, 0.4) is 0 Å². The number of benzene rings is 1. The summed E-state index contributed by atoms with van der Waals surface area (Å²) in [6, 6.07) is 2.81. The molecule has 0 aliphatic carbocycles. The number of hydrogen-bond donors (Lipinski definition) is 2. The molecule has 98 valence electrons. The third kappa shape index (κ3) is 2.12. The Bertz CT molecular complexity index is 476. The van der Waals surface area contributed by atoms with Crippen LogP contribution in [-0.2, 0) is 0 Å². The summed E-state index contributed by atoms with van der Waals surface area (Å²) in [6.45, 7) is 2.93. The van der Waals surface area contributed by atoms with Crippen molar-refractivity contribution < 1.29 is 14.3 Å². The number of nitrogens with two attached hydrogens (primary N) is 1. The van der Waals surface area contributed by atoms with Crippen molar-refractivity contribution in [2.75, 3.05) is 17.2 Å². The molecule has 1 fully saturated rings. The number of rotatable bonds is 3. The zero-order valence-corrected chi connectivity index (χ0v) is 10.3. The van der Waals surface area contributed by atoms with E-state index in [1.54, 1.807) is 0 Å². The average Bonchev–Trinajstić information content (AvgIpc) is 2.79. The molecule has 1 aliphatic heterocycles. The minimum absolute atomic E-state index is 0.328. The quantitative estimate of drug-likeness (QED) is 0.811. The van der Waals surface area contributed by atoms with Crippen LogP contribution in [-0.4, -0.2) is 23.7 Å². The van der Waals surface area contributed by atoms with E-state index in [-0.39, 0.29) is 5.56 Å². The molecule has 1 saturated heterocycles. The summed E-state index contributed by atoms with van der Waals surface area (Å²) in [6.07, 6.45) is 3.10. The van der Waals surface area contributed by atoms with E-state index < -0.39 is 11.8 Å². The normalized spacial score (nSPS) is 19.2. The molecule has 0 spiro atoms. The molecule has 0 saturated carbocycles. The number of carbonyl (C=O) groups is 1. The molecule has 0 radical (unpaired) electrons. The second-order valence-electron chi connectivity index (χ2n) is 4.59. The number of halogens is 1. The SMILES string of the molecule is CCC1CCCN1c1cc(F)c(C(=O)O)cc1N. The van der Waals surface area contributed by atoms with Gasteiger partial charge >= 0.3 is 5.97 Å². The van der Waals surface area contributed by atoms with Gasteiger partial charge in [-0.3, -0.25) is 0 Å². The Kier molecular flexibility index (Phi) is 3.41. The van der Waals surface area contributed by atoms with E-state index >= 15 is 0 Å². The fourth-order valence-corrected chi connectivity index (χ4v) is 2.57. The molecule has 18 heavy (non-hydrogen) atoms. The maximum absolute atomic E-state index is 13.7. The fourth-order valence-electron chi connectivity index (χ4n) is 2.57. The van der Waals surface area contributed by atoms with Crippen molar-refractivity contribution >= 4 is 17.3 Å². The molecule has 1 aromatic carbocycles. The van der Waals surface area contributed by atoms with Crippen LogP contribution < -0.4 is 10.6 Å². The Hall–Kier alpha value is -1.78. The largest absolute Gasteiger partial charge is 0.478 e. The Labute approximate surface area is 105 Å². The molecular weight excluding hydrogens is 235 g/mol. The van der Waals surface area contributed by atoms with Gasteiger partial charge in [-0.15, -0.1) is 0 Å². The molecule has 1 aliphatic rings. The van der Waals surface area contributed by atoms with Gasteiger partial charge in [0.2, 0.25) is 0 Å². The first-order valence-electron chi connectivity index (χ1n) is 6.13. The van der Waals surface area contributed by atoms with E-state index in [0.717, 1.165) is 25.8 Å². The standard InChI is InChI=1S/C13H17FN2O2/c1-2-8-4-3-5-16(8)12-7-10(14)9(13(17)18)6-11(12)15/h6-8H,2-5,15H2,1H3,(H,17,18). The average molecular weight is 252 g/mol. The molecule has 0 bridgehead atoms. The molecule has 1 unspecified atom stereocenters. The van der Waals surface area contributed by atoms with Gasteiger partial charge in [-0.1, -0.05) is 6.92 Å². The first-order valence-corrected chi connectivity index (χ1v) is 6.13. The van der Waals surface area contributed by atoms with Crippen LogP contribution in [0.15, 0.2) is 12.1 Å². The number of carboxylic acids is 1. The van der Waals surface area contributed by atoms with Gasteiger partial charge in [-0.2, -0.15) is 0 Å². The van der Waals surface area contributed by atoms with Crippen molar-refractivity contribution in [3.8, 4) is 0 Å². The number of nitrogens with zero attached hydrogens (tertiary/aromatic N) is 1. The lowest BCUT2D eigenvalue weighted by atomic mass is 10.1. The van der Waals surface area contributed by atoms with Crippen LogP contribution in [0.5, 0.6) is 0 Å². The maximum atomic E-state index is 13.7. The Morgan fingerprint density at radius 1 is 1.61 bits per heavy atom. The van der Waals surface area contributed by atoms with Gasteiger partial charge in [0.1, 0.15) is 5.82 Å². The van der Waals surface area contributed by atoms with Crippen molar-refractivity contribution in [2.45, 2.75) is 32.2 Å². The van der Waals surface area contributed by atoms with E-state index in [4.69, 9.17) is 10.8 Å². The molecule has 0 amide bonds. The van der Waals surface area contributed by atoms with Crippen molar-refractivity contribution in [3.05, 3.63) is 23.5 Å². The van der Waals surface area contributed by atoms with E-state index in [0.29, 0.717) is 17.4 Å². The van der Waals surface area contributed by atoms with Crippen molar-refractivity contribution in [3.63, 3.8) is 0 Å². The zero-order chi connectivity index (χ0) is 13.3. The molecular formula is C13H17FN2O2. The van der Waals surface area contributed by atoms with Crippen LogP contribution in [0.1, 0.15) is 36.5 Å². The molecule has 5 heteroatoms. The van der Waals surface area contributed by atoms with Crippen molar-refractivity contribution in [1.82, 2.24) is 0 Å². The predicted molar refractivity (Wildman–Crippen MR) is 68.4 cm³/mol. The lowest BCUT2D eigenvalue weighted by Gasteiger charge is -2.27. The van der Waals surface area contributed by atoms with Gasteiger partial charge in [0.25, 0.3) is 0 Å². The van der Waals surface area contributed by atoms with Crippen molar-refractivity contribution in [1.29, 1.82) is 0 Å². The van der Waals surface area contributed by atoms with Gasteiger partial charge in [0.15, 0.2) is 0 Å². The summed E-state index contributed by atoms with van der Waals surface area (Å²) in [7, 11) is 0. The Morgan fingerprint density at radius 2 is 2.33 bits per heavy atom. The highest BCUT2D eigenvalue weighted by molar-refractivity contribution is 5.91. The number of nitrogen functional groups attached to an aromatic ring is 1. The van der Waals surface area contributed by atoms with Gasteiger partial charge in [-0.05, 0) is 25.3 Å². The van der Waals surface area contributed by atoms with Crippen LogP contribution in [0.25, 0.3) is 0 Å². The predicted octanol–water partition coefficient (Wildman–Crippen LogP) is 2.48. The first kappa shape index (κ1) is 12.7. The summed E-state index contributed by atoms with van der Waals surface area (Å²) >= 11 is 0. The topological polar surface area (TPSA) is 66.6 Å². The van der Waals surface area contributed by atoms with E-state index in [2.05, 4.69) is 11.8 Å². The summed E-state index contributed by atoms with van der Waals surface area (Å²) < 4.78 is 13.7. The summed E-state index contributed by atoms with van der Waals surface area (Å²) in [5.74, 6) is -2.02.